The highest BCUT2D eigenvalue weighted by Gasteiger charge is 2.33. The largest absolute Gasteiger partial charge is 0.457 e. The molecule has 1 aliphatic rings. The van der Waals surface area contributed by atoms with E-state index in [2.05, 4.69) is 9.97 Å². The lowest BCUT2D eigenvalue weighted by molar-refractivity contribution is -0.135. The van der Waals surface area contributed by atoms with Gasteiger partial charge in [-0.05, 0) is 38.3 Å². The van der Waals surface area contributed by atoms with Crippen LogP contribution in [0.4, 0.5) is 0 Å². The van der Waals surface area contributed by atoms with E-state index in [1.54, 1.807) is 18.7 Å². The number of esters is 1. The van der Waals surface area contributed by atoms with Crippen LogP contribution in [0.5, 0.6) is 0 Å². The highest BCUT2D eigenvalue weighted by molar-refractivity contribution is 6.04. The zero-order valence-corrected chi connectivity index (χ0v) is 21.5. The Morgan fingerprint density at radius 1 is 0.919 bits per heavy atom. The van der Waals surface area contributed by atoms with Crippen molar-refractivity contribution in [1.29, 1.82) is 0 Å². The van der Waals surface area contributed by atoms with Crippen molar-refractivity contribution in [3.05, 3.63) is 94.6 Å². The third kappa shape index (κ3) is 6.39. The summed E-state index contributed by atoms with van der Waals surface area (Å²) in [7, 11) is 0. The summed E-state index contributed by atoms with van der Waals surface area (Å²) in [6.07, 6.45) is 1.10. The maximum atomic E-state index is 13.6. The maximum absolute atomic E-state index is 13.6. The van der Waals surface area contributed by atoms with E-state index >= 15 is 0 Å². The Balaban J connectivity index is 1.43. The Labute approximate surface area is 217 Å². The fourth-order valence-corrected chi connectivity index (χ4v) is 4.61. The van der Waals surface area contributed by atoms with E-state index in [1.807, 2.05) is 72.5 Å². The van der Waals surface area contributed by atoms with E-state index in [-0.39, 0.29) is 35.7 Å². The monoisotopic (exact) mass is 500 g/mol. The minimum atomic E-state index is -0.632. The summed E-state index contributed by atoms with van der Waals surface area (Å²) >= 11 is 0. The Bertz CT molecular complexity index is 1260. The van der Waals surface area contributed by atoms with Crippen molar-refractivity contribution in [2.45, 2.75) is 46.3 Å². The van der Waals surface area contributed by atoms with Crippen molar-refractivity contribution in [2.75, 3.05) is 19.6 Å². The number of nitrogens with zero attached hydrogens (tertiary/aromatic N) is 4. The van der Waals surface area contributed by atoms with Gasteiger partial charge in [0.25, 0.3) is 5.91 Å². The van der Waals surface area contributed by atoms with Crippen LogP contribution in [-0.4, -0.2) is 63.2 Å². The first kappa shape index (κ1) is 26.0. The Hall–Kier alpha value is -4.07. The van der Waals surface area contributed by atoms with Gasteiger partial charge in [0.15, 0.2) is 0 Å². The van der Waals surface area contributed by atoms with Crippen molar-refractivity contribution in [3.63, 3.8) is 0 Å². The minimum absolute atomic E-state index is 0.0408. The molecule has 1 aromatic heterocycles. The molecule has 8 heteroatoms. The molecular formula is C29H32N4O4. The molecule has 0 radical (unpaired) electrons. The number of carbonyl (C=O) groups is 3. The molecule has 1 atom stereocenters. The van der Waals surface area contributed by atoms with Gasteiger partial charge in [-0.1, -0.05) is 60.7 Å². The fraction of sp³-hybridized carbons (Fsp3) is 0.345. The molecule has 1 fully saturated rings. The number of aryl methyl sites for hydroxylation is 3. The second kappa shape index (κ2) is 11.8. The van der Waals surface area contributed by atoms with E-state index in [4.69, 9.17) is 4.74 Å². The average Bonchev–Trinajstić information content (AvgIpc) is 2.90. The lowest BCUT2D eigenvalue weighted by Gasteiger charge is -2.40. The third-order valence-electron chi connectivity index (χ3n) is 6.53. The number of amides is 2. The first-order valence-corrected chi connectivity index (χ1v) is 12.5. The molecule has 4 rings (SSSR count). The minimum Gasteiger partial charge on any atom is -0.457 e. The van der Waals surface area contributed by atoms with E-state index in [0.29, 0.717) is 44.0 Å². The smallest absolute Gasteiger partial charge is 0.342 e. The molecule has 0 N–H and O–H groups in total. The van der Waals surface area contributed by atoms with E-state index in [9.17, 15) is 14.4 Å². The molecule has 192 valence electrons. The van der Waals surface area contributed by atoms with Gasteiger partial charge in [-0.2, -0.15) is 0 Å². The molecule has 37 heavy (non-hydrogen) atoms. The predicted octanol–water partition coefficient (Wildman–Crippen LogP) is 3.76. The number of ether oxygens (including phenoxy) is 1. The van der Waals surface area contributed by atoms with Crippen molar-refractivity contribution < 1.29 is 19.1 Å². The van der Waals surface area contributed by atoms with Gasteiger partial charge in [0.2, 0.25) is 5.91 Å². The number of rotatable bonds is 7. The molecule has 0 saturated carbocycles. The van der Waals surface area contributed by atoms with Gasteiger partial charge in [-0.3, -0.25) is 9.59 Å². The fourth-order valence-electron chi connectivity index (χ4n) is 4.61. The lowest BCUT2D eigenvalue weighted by Crippen LogP contribution is -2.55. The van der Waals surface area contributed by atoms with Crippen LogP contribution in [0.15, 0.2) is 60.7 Å². The second-order valence-electron chi connectivity index (χ2n) is 9.31. The molecule has 2 aromatic carbocycles. The molecule has 8 nitrogen and oxygen atoms in total. The van der Waals surface area contributed by atoms with Crippen LogP contribution in [0.2, 0.25) is 0 Å². The first-order chi connectivity index (χ1) is 17.8. The van der Waals surface area contributed by atoms with Crippen LogP contribution in [-0.2, 0) is 22.6 Å². The zero-order chi connectivity index (χ0) is 26.4. The molecule has 1 unspecified atom stereocenters. The van der Waals surface area contributed by atoms with Crippen LogP contribution in [0.1, 0.15) is 56.8 Å². The van der Waals surface area contributed by atoms with E-state index in [1.165, 1.54) is 0 Å². The van der Waals surface area contributed by atoms with Crippen LogP contribution in [0.25, 0.3) is 0 Å². The topological polar surface area (TPSA) is 92.7 Å². The van der Waals surface area contributed by atoms with Crippen molar-refractivity contribution >= 4 is 17.8 Å². The van der Waals surface area contributed by atoms with Crippen LogP contribution in [0, 0.1) is 13.8 Å². The Kier molecular flexibility index (Phi) is 8.28. The molecule has 3 aromatic rings. The summed E-state index contributed by atoms with van der Waals surface area (Å²) in [6.45, 7) is 6.53. The van der Waals surface area contributed by atoms with Gasteiger partial charge in [-0.25, -0.2) is 14.8 Å². The number of carbonyl (C=O) groups excluding carboxylic acids is 3. The third-order valence-corrected chi connectivity index (χ3v) is 6.53. The number of hydrogen-bond acceptors (Lipinski definition) is 6. The Morgan fingerprint density at radius 3 is 2.22 bits per heavy atom. The highest BCUT2D eigenvalue weighted by Crippen LogP contribution is 2.19. The number of hydrogen-bond donors (Lipinski definition) is 0. The maximum Gasteiger partial charge on any atom is 0.342 e. The van der Waals surface area contributed by atoms with Gasteiger partial charge in [0.1, 0.15) is 23.7 Å². The molecular weight excluding hydrogens is 468 g/mol. The summed E-state index contributed by atoms with van der Waals surface area (Å²) in [5.74, 6) is -0.512. The summed E-state index contributed by atoms with van der Waals surface area (Å²) in [4.78, 5) is 51.6. The zero-order valence-electron chi connectivity index (χ0n) is 21.5. The molecule has 2 heterocycles. The average molecular weight is 501 g/mol. The molecule has 0 aliphatic carbocycles. The first-order valence-electron chi connectivity index (χ1n) is 12.5. The highest BCUT2D eigenvalue weighted by atomic mass is 16.5. The second-order valence-corrected chi connectivity index (χ2v) is 9.31. The van der Waals surface area contributed by atoms with Crippen molar-refractivity contribution in [3.8, 4) is 0 Å². The summed E-state index contributed by atoms with van der Waals surface area (Å²) in [6, 6.07) is 19.1. The number of benzene rings is 2. The van der Waals surface area contributed by atoms with Crippen molar-refractivity contribution in [1.82, 2.24) is 19.8 Å². The molecule has 1 aliphatic heterocycles. The molecule has 0 bridgehead atoms. The lowest BCUT2D eigenvalue weighted by atomic mass is 10.1. The van der Waals surface area contributed by atoms with Crippen LogP contribution >= 0.6 is 0 Å². The van der Waals surface area contributed by atoms with Crippen molar-refractivity contribution in [2.24, 2.45) is 0 Å². The number of aromatic nitrogens is 2. The van der Waals surface area contributed by atoms with Gasteiger partial charge in [0.05, 0.1) is 5.69 Å². The summed E-state index contributed by atoms with van der Waals surface area (Å²) < 4.78 is 5.50. The number of piperazine rings is 1. The van der Waals surface area contributed by atoms with Gasteiger partial charge in [-0.15, -0.1) is 0 Å². The van der Waals surface area contributed by atoms with Gasteiger partial charge < -0.3 is 14.5 Å². The van der Waals surface area contributed by atoms with E-state index in [0.717, 1.165) is 11.1 Å². The van der Waals surface area contributed by atoms with Gasteiger partial charge >= 0.3 is 5.97 Å². The predicted molar refractivity (Wildman–Crippen MR) is 139 cm³/mol. The molecule has 2 amide bonds. The Morgan fingerprint density at radius 2 is 1.57 bits per heavy atom. The normalized spacial score (nSPS) is 15.4. The summed E-state index contributed by atoms with van der Waals surface area (Å²) in [5, 5.41) is 0. The quantitative estimate of drug-likeness (QED) is 0.459. The summed E-state index contributed by atoms with van der Waals surface area (Å²) in [5.41, 5.74) is 2.49. The van der Waals surface area contributed by atoms with E-state index < -0.39 is 5.97 Å². The molecule has 0 spiro atoms. The van der Waals surface area contributed by atoms with Gasteiger partial charge in [0, 0.05) is 32.1 Å². The molecule has 1 saturated heterocycles. The standard InChI is InChI=1S/C29H32N4O4/c1-20-18-32(16-17-33(20)25(34)15-14-23-10-6-4-7-11-23)28(35)27-26(21(2)30-22(3)31-27)29(36)37-19-24-12-8-5-9-13-24/h4-13,20H,14-19H2,1-3H3. The van der Waals surface area contributed by atoms with Crippen LogP contribution < -0.4 is 0 Å². The van der Waals surface area contributed by atoms with Crippen LogP contribution in [0.3, 0.4) is 0 Å². The SMILES string of the molecule is Cc1nc(C)c(C(=O)OCc2ccccc2)c(C(=O)N2CCN(C(=O)CCc3ccccc3)C(C)C2)n1.